The van der Waals surface area contributed by atoms with Crippen molar-refractivity contribution in [2.75, 3.05) is 19.0 Å². The molecule has 0 bridgehead atoms. The summed E-state index contributed by atoms with van der Waals surface area (Å²) in [7, 11) is 0. The molecule has 0 saturated carbocycles. The first kappa shape index (κ1) is 19.2. The molecule has 2 heterocycles. The summed E-state index contributed by atoms with van der Waals surface area (Å²) in [5.74, 6) is -1.47. The first-order chi connectivity index (χ1) is 13.5. The van der Waals surface area contributed by atoms with Crippen molar-refractivity contribution >= 4 is 22.6 Å². The van der Waals surface area contributed by atoms with Gasteiger partial charge in [-0.05, 0) is 6.07 Å². The van der Waals surface area contributed by atoms with E-state index in [0.717, 1.165) is 6.07 Å². The van der Waals surface area contributed by atoms with Crippen molar-refractivity contribution in [1.82, 2.24) is 0 Å². The third-order valence-electron chi connectivity index (χ3n) is 5.29. The molecule has 0 unspecified atom stereocenters. The number of ketones is 1. The fourth-order valence-electron chi connectivity index (χ4n) is 3.85. The molecule has 0 radical (unpaired) electrons. The van der Waals surface area contributed by atoms with Crippen molar-refractivity contribution in [2.24, 2.45) is 10.9 Å². The van der Waals surface area contributed by atoms with Gasteiger partial charge in [0.25, 0.3) is 0 Å². The zero-order valence-corrected chi connectivity index (χ0v) is 15.7. The van der Waals surface area contributed by atoms with E-state index in [4.69, 9.17) is 9.73 Å². The lowest BCUT2D eigenvalue weighted by Crippen LogP contribution is -2.41. The van der Waals surface area contributed by atoms with Crippen LogP contribution in [0.3, 0.4) is 0 Å². The SMILES string of the molecule is O=C(CC1=N[C@@]2(c3ccc(F)cc3F)CO[C@H](CF)[C@H]2CS1)c1ccccc1. The van der Waals surface area contributed by atoms with Crippen LogP contribution in [0.4, 0.5) is 13.2 Å². The topological polar surface area (TPSA) is 38.7 Å². The summed E-state index contributed by atoms with van der Waals surface area (Å²) in [6.07, 6.45) is -0.626. The molecule has 28 heavy (non-hydrogen) atoms. The molecule has 0 N–H and O–H groups in total. The largest absolute Gasteiger partial charge is 0.372 e. The number of carbonyl (C=O) groups excluding carboxylic acids is 1. The molecular formula is C21H18F3NO2S. The van der Waals surface area contributed by atoms with Crippen LogP contribution in [0.2, 0.25) is 0 Å². The average molecular weight is 405 g/mol. The first-order valence-corrected chi connectivity index (χ1v) is 9.95. The molecule has 1 saturated heterocycles. The van der Waals surface area contributed by atoms with E-state index in [9.17, 15) is 18.0 Å². The van der Waals surface area contributed by atoms with Gasteiger partial charge in [-0.3, -0.25) is 9.79 Å². The minimum Gasteiger partial charge on any atom is -0.372 e. The van der Waals surface area contributed by atoms with Gasteiger partial charge in [0.05, 0.1) is 24.2 Å². The van der Waals surface area contributed by atoms with E-state index in [1.807, 2.05) is 6.07 Å². The Morgan fingerprint density at radius 1 is 1.21 bits per heavy atom. The maximum absolute atomic E-state index is 14.6. The van der Waals surface area contributed by atoms with E-state index in [2.05, 4.69) is 0 Å². The Hall–Kier alpha value is -2.12. The summed E-state index contributed by atoms with van der Waals surface area (Å²) in [6, 6.07) is 12.2. The molecule has 3 atom stereocenters. The third-order valence-corrected chi connectivity index (χ3v) is 6.39. The minimum absolute atomic E-state index is 0.00159. The molecule has 2 aromatic carbocycles. The van der Waals surface area contributed by atoms with Gasteiger partial charge in [-0.15, -0.1) is 11.8 Å². The Morgan fingerprint density at radius 2 is 2.00 bits per heavy atom. The first-order valence-electron chi connectivity index (χ1n) is 8.96. The highest BCUT2D eigenvalue weighted by molar-refractivity contribution is 8.14. The van der Waals surface area contributed by atoms with E-state index in [1.54, 1.807) is 24.3 Å². The third kappa shape index (κ3) is 3.37. The van der Waals surface area contributed by atoms with E-state index in [0.29, 0.717) is 16.4 Å². The number of hydrogen-bond donors (Lipinski definition) is 0. The number of aliphatic imine (C=N–C) groups is 1. The molecule has 0 amide bonds. The van der Waals surface area contributed by atoms with E-state index < -0.39 is 35.9 Å². The predicted molar refractivity (Wildman–Crippen MR) is 103 cm³/mol. The summed E-state index contributed by atoms with van der Waals surface area (Å²) in [5.41, 5.74) is -0.398. The molecule has 3 nitrogen and oxygen atoms in total. The quantitative estimate of drug-likeness (QED) is 0.685. The van der Waals surface area contributed by atoms with Crippen molar-refractivity contribution in [3.63, 3.8) is 0 Å². The Morgan fingerprint density at radius 3 is 2.71 bits per heavy atom. The normalized spacial score (nSPS) is 26.6. The van der Waals surface area contributed by atoms with E-state index >= 15 is 0 Å². The van der Waals surface area contributed by atoms with Crippen LogP contribution >= 0.6 is 11.8 Å². The Bertz CT molecular complexity index is 921. The summed E-state index contributed by atoms with van der Waals surface area (Å²) in [5, 5.41) is 0.553. The van der Waals surface area contributed by atoms with Crippen LogP contribution in [0.25, 0.3) is 0 Å². The lowest BCUT2D eigenvalue weighted by Gasteiger charge is -2.36. The molecular weight excluding hydrogens is 387 g/mol. The van der Waals surface area contributed by atoms with Crippen LogP contribution in [-0.4, -0.2) is 36.0 Å². The molecule has 2 aliphatic heterocycles. The molecule has 1 fully saturated rings. The van der Waals surface area contributed by atoms with Gasteiger partial charge in [-0.2, -0.15) is 0 Å². The lowest BCUT2D eigenvalue weighted by atomic mass is 9.79. The molecule has 7 heteroatoms. The van der Waals surface area contributed by atoms with Crippen molar-refractivity contribution in [3.8, 4) is 0 Å². The van der Waals surface area contributed by atoms with Gasteiger partial charge >= 0.3 is 0 Å². The molecule has 2 aromatic rings. The highest BCUT2D eigenvalue weighted by Gasteiger charge is 2.54. The molecule has 2 aliphatic rings. The van der Waals surface area contributed by atoms with Crippen molar-refractivity contribution < 1.29 is 22.7 Å². The van der Waals surface area contributed by atoms with E-state index in [-0.39, 0.29) is 24.4 Å². The van der Waals surface area contributed by atoms with Crippen LogP contribution in [-0.2, 0) is 10.3 Å². The second kappa shape index (κ2) is 7.72. The summed E-state index contributed by atoms with van der Waals surface area (Å²) < 4.78 is 47.1. The zero-order valence-electron chi connectivity index (χ0n) is 14.9. The fourth-order valence-corrected chi connectivity index (χ4v) is 5.17. The van der Waals surface area contributed by atoms with Gasteiger partial charge in [0.15, 0.2) is 5.78 Å². The Balaban J connectivity index is 1.71. The van der Waals surface area contributed by atoms with Gasteiger partial charge < -0.3 is 4.74 Å². The van der Waals surface area contributed by atoms with Gasteiger partial charge in [0.2, 0.25) is 0 Å². The second-order valence-electron chi connectivity index (χ2n) is 6.94. The number of hydrogen-bond acceptors (Lipinski definition) is 4. The maximum atomic E-state index is 14.6. The Kier molecular flexibility index (Phi) is 5.29. The highest BCUT2D eigenvalue weighted by Crippen LogP contribution is 2.49. The minimum atomic E-state index is -1.15. The average Bonchev–Trinajstić information content (AvgIpc) is 3.07. The molecule has 4 rings (SSSR count). The number of benzene rings is 2. The number of ether oxygens (including phenoxy) is 1. The number of carbonyl (C=O) groups is 1. The van der Waals surface area contributed by atoms with Crippen molar-refractivity contribution in [1.29, 1.82) is 0 Å². The predicted octanol–water partition coefficient (Wildman–Crippen LogP) is 4.56. The standard InChI is InChI=1S/C21H18F3NO2S/c22-10-19-16-11-28-20(9-18(26)13-4-2-1-3-5-13)25-21(16,12-27-19)15-7-6-14(23)8-17(15)24/h1-8,16,19H,9-12H2/t16-,19-,21-/m1/s1. The van der Waals surface area contributed by atoms with Crippen LogP contribution in [0.1, 0.15) is 22.3 Å². The molecule has 0 aromatic heterocycles. The number of halogens is 3. The smallest absolute Gasteiger partial charge is 0.169 e. The number of fused-ring (bicyclic) bond motifs is 1. The number of rotatable bonds is 5. The van der Waals surface area contributed by atoms with Gasteiger partial charge in [-0.25, -0.2) is 13.2 Å². The second-order valence-corrected chi connectivity index (χ2v) is 8.03. The molecule has 0 spiro atoms. The monoisotopic (exact) mass is 405 g/mol. The molecule has 146 valence electrons. The summed E-state index contributed by atoms with van der Waals surface area (Å²) in [4.78, 5) is 17.3. The van der Waals surface area contributed by atoms with Crippen LogP contribution < -0.4 is 0 Å². The zero-order chi connectivity index (χ0) is 19.7. The van der Waals surface area contributed by atoms with Crippen LogP contribution in [0, 0.1) is 17.6 Å². The van der Waals surface area contributed by atoms with Gasteiger partial charge in [-0.1, -0.05) is 36.4 Å². The van der Waals surface area contributed by atoms with Gasteiger partial charge in [0, 0.05) is 28.9 Å². The maximum Gasteiger partial charge on any atom is 0.169 e. The van der Waals surface area contributed by atoms with Crippen LogP contribution in [0.5, 0.6) is 0 Å². The number of alkyl halides is 1. The lowest BCUT2D eigenvalue weighted by molar-refractivity contribution is 0.0721. The number of thioether (sulfide) groups is 1. The summed E-state index contributed by atoms with van der Waals surface area (Å²) >= 11 is 1.37. The van der Waals surface area contributed by atoms with Crippen molar-refractivity contribution in [3.05, 3.63) is 71.3 Å². The van der Waals surface area contributed by atoms with Crippen LogP contribution in [0.15, 0.2) is 53.5 Å². The molecule has 0 aliphatic carbocycles. The fraction of sp³-hybridized carbons (Fsp3) is 0.333. The van der Waals surface area contributed by atoms with E-state index in [1.165, 1.54) is 23.9 Å². The number of nitrogens with zero attached hydrogens (tertiary/aromatic N) is 1. The Labute approximate surface area is 165 Å². The van der Waals surface area contributed by atoms with Crippen molar-refractivity contribution in [2.45, 2.75) is 18.1 Å². The highest BCUT2D eigenvalue weighted by atomic mass is 32.2. The van der Waals surface area contributed by atoms with Gasteiger partial charge in [0.1, 0.15) is 23.8 Å². The summed E-state index contributed by atoms with van der Waals surface area (Å²) in [6.45, 7) is -0.706. The number of Topliss-reactive ketones (excluding diaryl/α,β-unsaturated/α-hetero) is 1.